The summed E-state index contributed by atoms with van der Waals surface area (Å²) < 4.78 is 0. The summed E-state index contributed by atoms with van der Waals surface area (Å²) in [5.74, 6) is 0. The van der Waals surface area contributed by atoms with Gasteiger partial charge in [-0.1, -0.05) is 133 Å². The van der Waals surface area contributed by atoms with E-state index >= 15 is 0 Å². The van der Waals surface area contributed by atoms with Gasteiger partial charge in [0.05, 0.1) is 5.52 Å². The van der Waals surface area contributed by atoms with E-state index in [1.807, 2.05) is 6.20 Å². The summed E-state index contributed by atoms with van der Waals surface area (Å²) in [6.45, 7) is 0. The molecule has 8 aromatic carbocycles. The van der Waals surface area contributed by atoms with E-state index < -0.39 is 0 Å². The molecule has 0 radical (unpaired) electrons. The van der Waals surface area contributed by atoms with Gasteiger partial charge in [-0.25, -0.2) is 0 Å². The molecular formula is C43H27N. The van der Waals surface area contributed by atoms with Crippen LogP contribution in [0.2, 0.25) is 0 Å². The molecule has 9 aromatic rings. The monoisotopic (exact) mass is 557 g/mol. The summed E-state index contributed by atoms with van der Waals surface area (Å²) in [6.07, 6.45) is 1.92. The molecule has 0 aliphatic rings. The van der Waals surface area contributed by atoms with Crippen molar-refractivity contribution in [2.75, 3.05) is 0 Å². The molecule has 1 heteroatoms. The minimum Gasteiger partial charge on any atom is -0.256 e. The summed E-state index contributed by atoms with van der Waals surface area (Å²) in [5, 5.41) is 11.1. The summed E-state index contributed by atoms with van der Waals surface area (Å²) in [5.41, 5.74) is 8.34. The molecule has 0 fully saturated rings. The van der Waals surface area contributed by atoms with Crippen LogP contribution in [-0.2, 0) is 0 Å². The highest BCUT2D eigenvalue weighted by molar-refractivity contribution is 6.21. The quantitative estimate of drug-likeness (QED) is 0.197. The Morgan fingerprint density at radius 2 is 0.841 bits per heavy atom. The van der Waals surface area contributed by atoms with Gasteiger partial charge < -0.3 is 0 Å². The molecule has 1 nitrogen and oxygen atoms in total. The predicted octanol–water partition coefficient (Wildman–Crippen LogP) is 11.8. The first-order chi connectivity index (χ1) is 21.8. The Labute approximate surface area is 255 Å². The van der Waals surface area contributed by atoms with E-state index in [-0.39, 0.29) is 0 Å². The molecule has 0 N–H and O–H groups in total. The van der Waals surface area contributed by atoms with Gasteiger partial charge in [-0.2, -0.15) is 0 Å². The lowest BCUT2D eigenvalue weighted by atomic mass is 9.87. The van der Waals surface area contributed by atoms with Gasteiger partial charge in [0.15, 0.2) is 0 Å². The van der Waals surface area contributed by atoms with Crippen molar-refractivity contribution in [3.8, 4) is 33.4 Å². The molecule has 0 aliphatic heterocycles. The fourth-order valence-electron chi connectivity index (χ4n) is 6.99. The standard InChI is InChI=1S/C43H27N/c1-2-11-30-26-35(22-18-28(30)9-1)42-39-15-6-5-14-38(39)41(40-17-8-24-44-43(40)42)34-23-20-31-25-33(21-19-32(31)27-34)37-16-7-12-29-10-3-4-13-36(29)37/h1-27H. The second-order valence-corrected chi connectivity index (χ2v) is 11.6. The van der Waals surface area contributed by atoms with Gasteiger partial charge in [-0.3, -0.25) is 4.98 Å². The number of aromatic nitrogens is 1. The molecule has 0 amide bonds. The van der Waals surface area contributed by atoms with Crippen LogP contribution in [0.15, 0.2) is 164 Å². The average Bonchev–Trinajstić information content (AvgIpc) is 3.09. The fourth-order valence-corrected chi connectivity index (χ4v) is 6.99. The average molecular weight is 558 g/mol. The first kappa shape index (κ1) is 24.8. The number of fused-ring (bicyclic) bond motifs is 5. The molecule has 0 saturated carbocycles. The maximum atomic E-state index is 5.01. The highest BCUT2D eigenvalue weighted by Gasteiger charge is 2.18. The Hall–Kier alpha value is -5.79. The molecule has 0 aliphatic carbocycles. The molecule has 9 rings (SSSR count). The molecule has 0 atom stereocenters. The second-order valence-electron chi connectivity index (χ2n) is 11.6. The van der Waals surface area contributed by atoms with Crippen molar-refractivity contribution in [3.63, 3.8) is 0 Å². The lowest BCUT2D eigenvalue weighted by Crippen LogP contribution is -1.93. The van der Waals surface area contributed by atoms with E-state index in [9.17, 15) is 0 Å². The van der Waals surface area contributed by atoms with Crippen LogP contribution in [-0.4, -0.2) is 4.98 Å². The van der Waals surface area contributed by atoms with Gasteiger partial charge >= 0.3 is 0 Å². The molecule has 1 aromatic heterocycles. The van der Waals surface area contributed by atoms with Crippen molar-refractivity contribution in [1.82, 2.24) is 4.98 Å². The number of hydrogen-bond donors (Lipinski definition) is 0. The Bertz CT molecular complexity index is 2500. The zero-order valence-electron chi connectivity index (χ0n) is 24.0. The zero-order chi connectivity index (χ0) is 29.0. The smallest absolute Gasteiger partial charge is 0.0792 e. The number of benzene rings is 8. The van der Waals surface area contributed by atoms with Crippen LogP contribution in [0.3, 0.4) is 0 Å². The van der Waals surface area contributed by atoms with Crippen LogP contribution in [0.1, 0.15) is 0 Å². The van der Waals surface area contributed by atoms with Crippen LogP contribution in [0, 0.1) is 0 Å². The summed E-state index contributed by atoms with van der Waals surface area (Å²) in [6, 6.07) is 57.3. The van der Waals surface area contributed by atoms with Crippen molar-refractivity contribution < 1.29 is 0 Å². The zero-order valence-corrected chi connectivity index (χ0v) is 24.0. The fraction of sp³-hybridized carbons (Fsp3) is 0. The number of pyridine rings is 1. The minimum atomic E-state index is 1.03. The SMILES string of the molecule is c1ccc2cc(-c3c4ccccc4c(-c4ccc5cc(-c6cccc7ccccc67)ccc5c4)c4cccnc34)ccc2c1. The number of hydrogen-bond acceptors (Lipinski definition) is 1. The largest absolute Gasteiger partial charge is 0.256 e. The normalized spacial score (nSPS) is 11.6. The Morgan fingerprint density at radius 1 is 0.318 bits per heavy atom. The van der Waals surface area contributed by atoms with E-state index in [0.29, 0.717) is 0 Å². The Balaban J connectivity index is 1.25. The van der Waals surface area contributed by atoms with Crippen molar-refractivity contribution in [3.05, 3.63) is 164 Å². The van der Waals surface area contributed by atoms with Crippen LogP contribution in [0.4, 0.5) is 0 Å². The van der Waals surface area contributed by atoms with Crippen LogP contribution < -0.4 is 0 Å². The third-order valence-corrected chi connectivity index (χ3v) is 9.05. The van der Waals surface area contributed by atoms with E-state index in [1.54, 1.807) is 0 Å². The summed E-state index contributed by atoms with van der Waals surface area (Å²) >= 11 is 0. The van der Waals surface area contributed by atoms with Crippen molar-refractivity contribution >= 4 is 54.0 Å². The van der Waals surface area contributed by atoms with E-state index in [1.165, 1.54) is 81.9 Å². The maximum absolute atomic E-state index is 5.01. The van der Waals surface area contributed by atoms with Crippen LogP contribution in [0.5, 0.6) is 0 Å². The number of rotatable bonds is 3. The van der Waals surface area contributed by atoms with Gasteiger partial charge in [0.2, 0.25) is 0 Å². The van der Waals surface area contributed by atoms with Crippen LogP contribution >= 0.6 is 0 Å². The molecule has 204 valence electrons. The van der Waals surface area contributed by atoms with Gasteiger partial charge in [-0.05, 0) is 95.2 Å². The van der Waals surface area contributed by atoms with Gasteiger partial charge in [-0.15, -0.1) is 0 Å². The molecule has 0 unspecified atom stereocenters. The highest BCUT2D eigenvalue weighted by atomic mass is 14.7. The van der Waals surface area contributed by atoms with Crippen molar-refractivity contribution in [2.45, 2.75) is 0 Å². The third-order valence-electron chi connectivity index (χ3n) is 9.05. The summed E-state index contributed by atoms with van der Waals surface area (Å²) in [4.78, 5) is 5.01. The predicted molar refractivity (Wildman–Crippen MR) is 188 cm³/mol. The lowest BCUT2D eigenvalue weighted by Gasteiger charge is -2.17. The molecule has 0 bridgehead atoms. The van der Waals surface area contributed by atoms with E-state index in [4.69, 9.17) is 4.98 Å². The topological polar surface area (TPSA) is 12.9 Å². The first-order valence-electron chi connectivity index (χ1n) is 15.1. The first-order valence-corrected chi connectivity index (χ1v) is 15.1. The highest BCUT2D eigenvalue weighted by Crippen LogP contribution is 2.44. The van der Waals surface area contributed by atoms with Crippen LogP contribution in [0.25, 0.3) is 87.4 Å². The van der Waals surface area contributed by atoms with Gasteiger partial charge in [0, 0.05) is 17.1 Å². The molecular weight excluding hydrogens is 530 g/mol. The minimum absolute atomic E-state index is 1.03. The molecule has 0 saturated heterocycles. The lowest BCUT2D eigenvalue weighted by molar-refractivity contribution is 1.42. The number of nitrogens with zero attached hydrogens (tertiary/aromatic N) is 1. The second kappa shape index (κ2) is 9.90. The Morgan fingerprint density at radius 3 is 1.64 bits per heavy atom. The van der Waals surface area contributed by atoms with E-state index in [2.05, 4.69) is 158 Å². The summed E-state index contributed by atoms with van der Waals surface area (Å²) in [7, 11) is 0. The van der Waals surface area contributed by atoms with Crippen molar-refractivity contribution in [2.24, 2.45) is 0 Å². The van der Waals surface area contributed by atoms with E-state index in [0.717, 1.165) is 5.52 Å². The molecule has 44 heavy (non-hydrogen) atoms. The maximum Gasteiger partial charge on any atom is 0.0792 e. The van der Waals surface area contributed by atoms with Crippen molar-refractivity contribution in [1.29, 1.82) is 0 Å². The van der Waals surface area contributed by atoms with Gasteiger partial charge in [0.1, 0.15) is 0 Å². The molecule has 0 spiro atoms. The molecule has 1 heterocycles. The Kier molecular flexibility index (Phi) is 5.57. The van der Waals surface area contributed by atoms with Gasteiger partial charge in [0.25, 0.3) is 0 Å². The third kappa shape index (κ3) is 3.91.